The Morgan fingerprint density at radius 2 is 1.77 bits per heavy atom. The SMILES string of the molecule is O=C(O)[C@H](c1ccccc1OC(F)(F)F)C1(O)CCCCC1. The van der Waals surface area contributed by atoms with Crippen molar-refractivity contribution in [3.63, 3.8) is 0 Å². The van der Waals surface area contributed by atoms with Crippen molar-refractivity contribution in [2.45, 2.75) is 50.0 Å². The van der Waals surface area contributed by atoms with Crippen LogP contribution in [0.25, 0.3) is 0 Å². The first-order valence-corrected chi connectivity index (χ1v) is 7.03. The van der Waals surface area contributed by atoms with Crippen LogP contribution in [0.1, 0.15) is 43.6 Å². The lowest BCUT2D eigenvalue weighted by Crippen LogP contribution is -2.42. The second-order valence-corrected chi connectivity index (χ2v) is 5.52. The van der Waals surface area contributed by atoms with E-state index in [-0.39, 0.29) is 18.4 Å². The minimum absolute atomic E-state index is 0.156. The number of halogens is 3. The molecule has 4 nitrogen and oxygen atoms in total. The molecule has 0 bridgehead atoms. The zero-order chi connectivity index (χ0) is 16.4. The number of aliphatic hydroxyl groups is 1. The van der Waals surface area contributed by atoms with Crippen LogP contribution in [0.5, 0.6) is 5.75 Å². The normalized spacial score (nSPS) is 19.5. The standard InChI is InChI=1S/C15H17F3O4/c16-15(17,18)22-11-7-3-2-6-10(11)12(13(19)20)14(21)8-4-1-5-9-14/h2-3,6-7,12,21H,1,4-5,8-9H2,(H,19,20)/t12-/m0/s1. The maximum absolute atomic E-state index is 12.5. The molecule has 2 rings (SSSR count). The fraction of sp³-hybridized carbons (Fsp3) is 0.533. The van der Waals surface area contributed by atoms with E-state index in [1.54, 1.807) is 0 Å². The van der Waals surface area contributed by atoms with Gasteiger partial charge in [-0.15, -0.1) is 13.2 Å². The summed E-state index contributed by atoms with van der Waals surface area (Å²) in [5.41, 5.74) is -1.72. The Morgan fingerprint density at radius 1 is 1.18 bits per heavy atom. The highest BCUT2D eigenvalue weighted by molar-refractivity contribution is 5.79. The summed E-state index contributed by atoms with van der Waals surface area (Å²) in [6.07, 6.45) is -2.29. The molecule has 0 aliphatic heterocycles. The van der Waals surface area contributed by atoms with Gasteiger partial charge in [0, 0.05) is 5.56 Å². The lowest BCUT2D eigenvalue weighted by molar-refractivity contribution is -0.275. The Kier molecular flexibility index (Phi) is 4.65. The molecule has 0 aromatic heterocycles. The molecule has 0 saturated heterocycles. The second-order valence-electron chi connectivity index (χ2n) is 5.52. The Morgan fingerprint density at radius 3 is 2.32 bits per heavy atom. The molecule has 1 saturated carbocycles. The molecule has 0 radical (unpaired) electrons. The number of carbonyl (C=O) groups is 1. The maximum Gasteiger partial charge on any atom is 0.573 e. The second kappa shape index (κ2) is 6.16. The molecule has 1 aromatic rings. The number of aliphatic carboxylic acids is 1. The number of benzene rings is 1. The summed E-state index contributed by atoms with van der Waals surface area (Å²) >= 11 is 0. The Labute approximate surface area is 125 Å². The smallest absolute Gasteiger partial charge is 0.481 e. The first-order chi connectivity index (χ1) is 10.2. The summed E-state index contributed by atoms with van der Waals surface area (Å²) in [4.78, 5) is 11.6. The molecule has 0 unspecified atom stereocenters. The third kappa shape index (κ3) is 3.71. The fourth-order valence-corrected chi connectivity index (χ4v) is 3.04. The van der Waals surface area contributed by atoms with Gasteiger partial charge in [-0.05, 0) is 18.9 Å². The minimum atomic E-state index is -4.92. The summed E-state index contributed by atoms with van der Waals surface area (Å²) in [5, 5.41) is 20.1. The highest BCUT2D eigenvalue weighted by Gasteiger charge is 2.45. The predicted molar refractivity (Wildman–Crippen MR) is 71.5 cm³/mol. The number of carboxylic acid groups (broad SMARTS) is 1. The molecule has 0 spiro atoms. The van der Waals surface area contributed by atoms with Crippen LogP contribution >= 0.6 is 0 Å². The summed E-state index contributed by atoms with van der Waals surface area (Å²) < 4.78 is 41.4. The average molecular weight is 318 g/mol. The van der Waals surface area contributed by atoms with Gasteiger partial charge in [0.1, 0.15) is 11.7 Å². The number of carboxylic acids is 1. The lowest BCUT2D eigenvalue weighted by Gasteiger charge is -2.37. The van der Waals surface area contributed by atoms with Crippen molar-refractivity contribution in [1.29, 1.82) is 0 Å². The van der Waals surface area contributed by atoms with Crippen molar-refractivity contribution >= 4 is 5.97 Å². The number of para-hydroxylation sites is 1. The molecule has 7 heteroatoms. The van der Waals surface area contributed by atoms with Gasteiger partial charge in [-0.1, -0.05) is 37.5 Å². The van der Waals surface area contributed by atoms with Gasteiger partial charge >= 0.3 is 12.3 Å². The topological polar surface area (TPSA) is 66.8 Å². The van der Waals surface area contributed by atoms with Crippen molar-refractivity contribution < 1.29 is 32.9 Å². The molecule has 1 aliphatic rings. The average Bonchev–Trinajstić information content (AvgIpc) is 2.39. The molecule has 1 atom stereocenters. The summed E-state index contributed by atoms with van der Waals surface area (Å²) in [6, 6.07) is 5.08. The molecule has 22 heavy (non-hydrogen) atoms. The van der Waals surface area contributed by atoms with Crippen LogP contribution in [-0.4, -0.2) is 28.1 Å². The number of hydrogen-bond donors (Lipinski definition) is 2. The third-order valence-electron chi connectivity index (χ3n) is 3.96. The number of hydrogen-bond acceptors (Lipinski definition) is 3. The van der Waals surface area contributed by atoms with Gasteiger partial charge in [-0.3, -0.25) is 4.79 Å². The van der Waals surface area contributed by atoms with Crippen LogP contribution < -0.4 is 4.74 Å². The van der Waals surface area contributed by atoms with Crippen molar-refractivity contribution in [1.82, 2.24) is 0 Å². The van der Waals surface area contributed by atoms with E-state index in [1.165, 1.54) is 18.2 Å². The van der Waals surface area contributed by atoms with E-state index >= 15 is 0 Å². The Hall–Kier alpha value is -1.76. The molecule has 0 amide bonds. The zero-order valence-electron chi connectivity index (χ0n) is 11.8. The van der Waals surface area contributed by atoms with Crippen LogP contribution in [0.2, 0.25) is 0 Å². The predicted octanol–water partition coefficient (Wildman–Crippen LogP) is 3.45. The molecule has 1 fully saturated rings. The fourth-order valence-electron chi connectivity index (χ4n) is 3.04. The van der Waals surface area contributed by atoms with Gasteiger partial charge in [0.15, 0.2) is 0 Å². The van der Waals surface area contributed by atoms with Gasteiger partial charge in [0.2, 0.25) is 0 Å². The largest absolute Gasteiger partial charge is 0.573 e. The van der Waals surface area contributed by atoms with Gasteiger partial charge in [-0.25, -0.2) is 0 Å². The molecule has 1 aromatic carbocycles. The summed E-state index contributed by atoms with van der Waals surface area (Å²) in [7, 11) is 0. The van der Waals surface area contributed by atoms with Crippen LogP contribution in [0, 0.1) is 0 Å². The highest BCUT2D eigenvalue weighted by Crippen LogP contribution is 2.43. The van der Waals surface area contributed by atoms with Gasteiger partial charge in [-0.2, -0.15) is 0 Å². The monoisotopic (exact) mass is 318 g/mol. The first kappa shape index (κ1) is 16.6. The van der Waals surface area contributed by atoms with E-state index in [0.717, 1.165) is 12.5 Å². The van der Waals surface area contributed by atoms with Crippen LogP contribution in [0.4, 0.5) is 13.2 Å². The van der Waals surface area contributed by atoms with E-state index in [2.05, 4.69) is 4.74 Å². The minimum Gasteiger partial charge on any atom is -0.481 e. The molecule has 122 valence electrons. The van der Waals surface area contributed by atoms with Crippen molar-refractivity contribution in [3.8, 4) is 5.75 Å². The van der Waals surface area contributed by atoms with E-state index in [4.69, 9.17) is 0 Å². The van der Waals surface area contributed by atoms with Crippen molar-refractivity contribution in [3.05, 3.63) is 29.8 Å². The quantitative estimate of drug-likeness (QED) is 0.892. The van der Waals surface area contributed by atoms with Crippen LogP contribution in [0.15, 0.2) is 24.3 Å². The van der Waals surface area contributed by atoms with E-state index in [0.29, 0.717) is 12.8 Å². The van der Waals surface area contributed by atoms with Crippen LogP contribution in [0.3, 0.4) is 0 Å². The summed E-state index contributed by atoms with van der Waals surface area (Å²) in [6.45, 7) is 0. The number of rotatable bonds is 4. The molecule has 0 heterocycles. The first-order valence-electron chi connectivity index (χ1n) is 7.03. The van der Waals surface area contributed by atoms with Gasteiger partial charge in [0.25, 0.3) is 0 Å². The highest BCUT2D eigenvalue weighted by atomic mass is 19.4. The van der Waals surface area contributed by atoms with Gasteiger partial charge in [0.05, 0.1) is 5.60 Å². The Bertz CT molecular complexity index is 536. The number of ether oxygens (including phenoxy) is 1. The number of alkyl halides is 3. The lowest BCUT2D eigenvalue weighted by atomic mass is 9.72. The van der Waals surface area contributed by atoms with Crippen molar-refractivity contribution in [2.75, 3.05) is 0 Å². The molecular formula is C15H17F3O4. The van der Waals surface area contributed by atoms with Gasteiger partial charge < -0.3 is 14.9 Å². The maximum atomic E-state index is 12.5. The van der Waals surface area contributed by atoms with E-state index in [1.807, 2.05) is 0 Å². The zero-order valence-corrected chi connectivity index (χ0v) is 11.8. The van der Waals surface area contributed by atoms with E-state index in [9.17, 15) is 28.2 Å². The molecule has 1 aliphatic carbocycles. The third-order valence-corrected chi connectivity index (χ3v) is 3.96. The molecular weight excluding hydrogens is 301 g/mol. The van der Waals surface area contributed by atoms with Crippen LogP contribution in [-0.2, 0) is 4.79 Å². The summed E-state index contributed by atoms with van der Waals surface area (Å²) in [5.74, 6) is -3.39. The van der Waals surface area contributed by atoms with Crippen molar-refractivity contribution in [2.24, 2.45) is 0 Å². The van der Waals surface area contributed by atoms with E-state index < -0.39 is 29.6 Å². The molecule has 2 N–H and O–H groups in total. The Balaban J connectivity index is 2.43.